The lowest BCUT2D eigenvalue weighted by Crippen LogP contribution is -1.92. The van der Waals surface area contributed by atoms with E-state index in [0.29, 0.717) is 23.5 Å². The molecule has 1 aromatic heterocycles. The lowest BCUT2D eigenvalue weighted by Gasteiger charge is -2.02. The number of hydrogen-bond donors (Lipinski definition) is 0. The third-order valence-corrected chi connectivity index (χ3v) is 2.28. The molecule has 1 aromatic carbocycles. The summed E-state index contributed by atoms with van der Waals surface area (Å²) < 4.78 is 20.9. The van der Waals surface area contributed by atoms with Gasteiger partial charge in [0.1, 0.15) is 5.75 Å². The van der Waals surface area contributed by atoms with Crippen LogP contribution < -0.4 is 14.2 Å². The molecule has 0 saturated heterocycles. The maximum Gasteiger partial charge on any atom is 0.290 e. The van der Waals surface area contributed by atoms with Gasteiger partial charge in [0.15, 0.2) is 23.5 Å². The van der Waals surface area contributed by atoms with E-state index in [4.69, 9.17) is 18.6 Å². The molecular formula is C12H8O5. The number of ether oxygens (including phenoxy) is 3. The van der Waals surface area contributed by atoms with Crippen LogP contribution in [0.2, 0.25) is 0 Å². The van der Waals surface area contributed by atoms with Gasteiger partial charge in [0.25, 0.3) is 5.95 Å². The van der Waals surface area contributed by atoms with Crippen molar-refractivity contribution in [1.29, 1.82) is 0 Å². The summed E-state index contributed by atoms with van der Waals surface area (Å²) in [5, 5.41) is 0. The fourth-order valence-corrected chi connectivity index (χ4v) is 1.51. The van der Waals surface area contributed by atoms with Crippen LogP contribution in [0.4, 0.5) is 0 Å². The summed E-state index contributed by atoms with van der Waals surface area (Å²) in [5.74, 6) is 2.35. The number of carbonyl (C=O) groups excluding carboxylic acids is 1. The molecule has 0 bridgehead atoms. The van der Waals surface area contributed by atoms with Crippen LogP contribution >= 0.6 is 0 Å². The Balaban J connectivity index is 1.83. The summed E-state index contributed by atoms with van der Waals surface area (Å²) in [7, 11) is 0. The first-order valence-corrected chi connectivity index (χ1v) is 4.98. The Morgan fingerprint density at radius 2 is 2.00 bits per heavy atom. The molecule has 3 rings (SSSR count). The zero-order valence-corrected chi connectivity index (χ0v) is 8.71. The number of carbonyl (C=O) groups is 1. The van der Waals surface area contributed by atoms with Gasteiger partial charge in [0.05, 0.1) is 0 Å². The summed E-state index contributed by atoms with van der Waals surface area (Å²) in [6.07, 6.45) is 0.618. The molecule has 0 fully saturated rings. The van der Waals surface area contributed by atoms with Crippen LogP contribution in [0.1, 0.15) is 10.6 Å². The molecule has 0 spiro atoms. The number of hydrogen-bond acceptors (Lipinski definition) is 5. The van der Waals surface area contributed by atoms with Gasteiger partial charge in [-0.05, 0) is 18.2 Å². The Morgan fingerprint density at radius 1 is 1.12 bits per heavy atom. The van der Waals surface area contributed by atoms with Crippen molar-refractivity contribution in [1.82, 2.24) is 0 Å². The van der Waals surface area contributed by atoms with Crippen molar-refractivity contribution in [2.45, 2.75) is 0 Å². The van der Waals surface area contributed by atoms with E-state index in [-0.39, 0.29) is 18.5 Å². The fourth-order valence-electron chi connectivity index (χ4n) is 1.51. The van der Waals surface area contributed by atoms with E-state index in [1.54, 1.807) is 24.3 Å². The van der Waals surface area contributed by atoms with Crippen molar-refractivity contribution in [2.75, 3.05) is 6.79 Å². The molecule has 0 N–H and O–H groups in total. The highest BCUT2D eigenvalue weighted by Gasteiger charge is 2.14. The third-order valence-electron chi connectivity index (χ3n) is 2.28. The van der Waals surface area contributed by atoms with Crippen molar-refractivity contribution in [3.63, 3.8) is 0 Å². The smallest absolute Gasteiger partial charge is 0.290 e. The Hall–Kier alpha value is -2.43. The van der Waals surface area contributed by atoms with Crippen LogP contribution in [-0.2, 0) is 0 Å². The normalized spacial score (nSPS) is 12.5. The molecule has 0 atom stereocenters. The number of furan rings is 1. The van der Waals surface area contributed by atoms with E-state index >= 15 is 0 Å². The molecule has 86 valence electrons. The van der Waals surface area contributed by atoms with E-state index in [2.05, 4.69) is 0 Å². The van der Waals surface area contributed by atoms with E-state index < -0.39 is 0 Å². The predicted molar refractivity (Wildman–Crippen MR) is 56.7 cm³/mol. The van der Waals surface area contributed by atoms with E-state index in [0.717, 1.165) is 0 Å². The third kappa shape index (κ3) is 1.82. The molecular weight excluding hydrogens is 224 g/mol. The first kappa shape index (κ1) is 9.77. The van der Waals surface area contributed by atoms with Crippen LogP contribution in [0.25, 0.3) is 0 Å². The average Bonchev–Trinajstić information content (AvgIpc) is 2.96. The molecule has 0 unspecified atom stereocenters. The summed E-state index contributed by atoms with van der Waals surface area (Å²) in [6.45, 7) is 0.217. The molecule has 0 amide bonds. The van der Waals surface area contributed by atoms with E-state index in [1.165, 1.54) is 6.07 Å². The standard InChI is InChI=1S/C12H8O5/c13-6-9-2-4-12(17-9)16-8-1-3-10-11(5-8)15-7-14-10/h1-6H,7H2. The highest BCUT2D eigenvalue weighted by molar-refractivity contribution is 5.70. The second-order valence-corrected chi connectivity index (χ2v) is 3.39. The molecule has 5 heteroatoms. The van der Waals surface area contributed by atoms with Crippen molar-refractivity contribution in [2.24, 2.45) is 0 Å². The van der Waals surface area contributed by atoms with Gasteiger partial charge in [0.2, 0.25) is 6.79 Å². The number of rotatable bonds is 3. The lowest BCUT2D eigenvalue weighted by molar-refractivity contribution is 0.109. The van der Waals surface area contributed by atoms with Crippen molar-refractivity contribution < 1.29 is 23.4 Å². The summed E-state index contributed by atoms with van der Waals surface area (Å²) in [4.78, 5) is 10.4. The predicted octanol–water partition coefficient (Wildman–Crippen LogP) is 2.61. The van der Waals surface area contributed by atoms with Crippen LogP contribution in [-0.4, -0.2) is 13.1 Å². The van der Waals surface area contributed by atoms with Gasteiger partial charge in [-0.1, -0.05) is 0 Å². The minimum Gasteiger partial charge on any atom is -0.454 e. The summed E-state index contributed by atoms with van der Waals surface area (Å²) >= 11 is 0. The first-order valence-electron chi connectivity index (χ1n) is 4.98. The van der Waals surface area contributed by atoms with Gasteiger partial charge < -0.3 is 18.6 Å². The molecule has 2 heterocycles. The largest absolute Gasteiger partial charge is 0.454 e. The molecule has 0 radical (unpaired) electrons. The molecule has 2 aromatic rings. The molecule has 0 saturated carbocycles. The van der Waals surface area contributed by atoms with Gasteiger partial charge in [-0.15, -0.1) is 0 Å². The fraction of sp³-hybridized carbons (Fsp3) is 0.0833. The van der Waals surface area contributed by atoms with Crippen molar-refractivity contribution >= 4 is 6.29 Å². The average molecular weight is 232 g/mol. The topological polar surface area (TPSA) is 57.9 Å². The second-order valence-electron chi connectivity index (χ2n) is 3.39. The van der Waals surface area contributed by atoms with Crippen LogP contribution in [0.5, 0.6) is 23.2 Å². The van der Waals surface area contributed by atoms with E-state index in [1.807, 2.05) is 0 Å². The number of aldehydes is 1. The summed E-state index contributed by atoms with van der Waals surface area (Å²) in [6, 6.07) is 8.30. The molecule has 1 aliphatic rings. The molecule has 17 heavy (non-hydrogen) atoms. The Bertz CT molecular complexity index is 558. The molecule has 0 aliphatic carbocycles. The number of fused-ring (bicyclic) bond motifs is 1. The van der Waals surface area contributed by atoms with Gasteiger partial charge >= 0.3 is 0 Å². The minimum atomic E-state index is 0.217. The van der Waals surface area contributed by atoms with Crippen LogP contribution in [0.3, 0.4) is 0 Å². The zero-order chi connectivity index (χ0) is 11.7. The Labute approximate surface area is 96.5 Å². The van der Waals surface area contributed by atoms with Crippen LogP contribution in [0.15, 0.2) is 34.7 Å². The first-order chi connectivity index (χ1) is 8.35. The van der Waals surface area contributed by atoms with Gasteiger partial charge in [-0.2, -0.15) is 0 Å². The van der Waals surface area contributed by atoms with Crippen molar-refractivity contribution in [3.8, 4) is 23.2 Å². The quantitative estimate of drug-likeness (QED) is 0.761. The van der Waals surface area contributed by atoms with Crippen molar-refractivity contribution in [3.05, 3.63) is 36.1 Å². The van der Waals surface area contributed by atoms with Gasteiger partial charge in [0, 0.05) is 12.1 Å². The Morgan fingerprint density at radius 3 is 2.82 bits per heavy atom. The number of benzene rings is 1. The molecule has 1 aliphatic heterocycles. The second kappa shape index (κ2) is 3.86. The van der Waals surface area contributed by atoms with E-state index in [9.17, 15) is 4.79 Å². The SMILES string of the molecule is O=Cc1ccc(Oc2ccc3c(c2)OCO3)o1. The van der Waals surface area contributed by atoms with Gasteiger partial charge in [-0.25, -0.2) is 0 Å². The Kier molecular flexibility index (Phi) is 2.22. The minimum absolute atomic E-state index is 0.217. The van der Waals surface area contributed by atoms with Crippen LogP contribution in [0, 0.1) is 0 Å². The molecule has 5 nitrogen and oxygen atoms in total. The van der Waals surface area contributed by atoms with Gasteiger partial charge in [-0.3, -0.25) is 4.79 Å². The highest BCUT2D eigenvalue weighted by atomic mass is 16.7. The summed E-state index contributed by atoms with van der Waals surface area (Å²) in [5.41, 5.74) is 0. The maximum absolute atomic E-state index is 10.4. The highest BCUT2D eigenvalue weighted by Crippen LogP contribution is 2.36. The monoisotopic (exact) mass is 232 g/mol. The zero-order valence-electron chi connectivity index (χ0n) is 8.71. The lowest BCUT2D eigenvalue weighted by atomic mass is 10.3. The maximum atomic E-state index is 10.4.